The molecule has 0 spiro atoms. The topological polar surface area (TPSA) is 18.5 Å². The van der Waals surface area contributed by atoms with Crippen molar-refractivity contribution in [2.45, 2.75) is 19.4 Å². The number of rotatable bonds is 5. The molecule has 0 amide bonds. The van der Waals surface area contributed by atoms with Gasteiger partial charge in [-0.15, -0.1) is 0 Å². The van der Waals surface area contributed by atoms with Gasteiger partial charge < -0.3 is 10.2 Å². The Morgan fingerprint density at radius 2 is 1.95 bits per heavy atom. The SMILES string of the molecule is CNCc1ccc(Cl)cc1N1CCN(CC2CC2)CC1. The van der Waals surface area contributed by atoms with Crippen LogP contribution in [-0.2, 0) is 6.54 Å². The van der Waals surface area contributed by atoms with E-state index >= 15 is 0 Å². The Labute approximate surface area is 126 Å². The van der Waals surface area contributed by atoms with Crippen molar-refractivity contribution >= 4 is 17.3 Å². The quantitative estimate of drug-likeness (QED) is 0.900. The first kappa shape index (κ1) is 14.2. The monoisotopic (exact) mass is 293 g/mol. The third-order valence-electron chi connectivity index (χ3n) is 4.34. The summed E-state index contributed by atoms with van der Waals surface area (Å²) in [4.78, 5) is 5.11. The van der Waals surface area contributed by atoms with E-state index in [2.05, 4.69) is 27.2 Å². The lowest BCUT2D eigenvalue weighted by atomic mass is 10.1. The zero-order valence-electron chi connectivity index (χ0n) is 12.2. The number of nitrogens with one attached hydrogen (secondary N) is 1. The first-order chi connectivity index (χ1) is 9.76. The van der Waals surface area contributed by atoms with Gasteiger partial charge in [-0.05, 0) is 43.5 Å². The lowest BCUT2D eigenvalue weighted by molar-refractivity contribution is 0.248. The summed E-state index contributed by atoms with van der Waals surface area (Å²) >= 11 is 6.18. The van der Waals surface area contributed by atoms with E-state index in [1.165, 1.54) is 43.7 Å². The standard InChI is InChI=1S/C16H24ClN3/c1-18-11-14-4-5-15(17)10-16(14)20-8-6-19(7-9-20)12-13-2-3-13/h4-5,10,13,18H,2-3,6-9,11-12H2,1H3. The van der Waals surface area contributed by atoms with Crippen molar-refractivity contribution in [2.24, 2.45) is 5.92 Å². The highest BCUT2D eigenvalue weighted by molar-refractivity contribution is 6.30. The number of anilines is 1. The Morgan fingerprint density at radius 1 is 1.20 bits per heavy atom. The van der Waals surface area contributed by atoms with Crippen molar-refractivity contribution < 1.29 is 0 Å². The van der Waals surface area contributed by atoms with Gasteiger partial charge >= 0.3 is 0 Å². The highest BCUT2D eigenvalue weighted by Crippen LogP contribution is 2.31. The van der Waals surface area contributed by atoms with Crippen LogP contribution >= 0.6 is 11.6 Å². The summed E-state index contributed by atoms with van der Waals surface area (Å²) in [6, 6.07) is 6.25. The number of benzene rings is 1. The summed E-state index contributed by atoms with van der Waals surface area (Å²) in [5, 5.41) is 4.08. The van der Waals surface area contributed by atoms with E-state index in [4.69, 9.17) is 11.6 Å². The maximum Gasteiger partial charge on any atom is 0.0427 e. The summed E-state index contributed by atoms with van der Waals surface area (Å²) in [5.41, 5.74) is 2.64. The molecule has 0 bridgehead atoms. The van der Waals surface area contributed by atoms with E-state index in [0.717, 1.165) is 30.6 Å². The molecular formula is C16H24ClN3. The van der Waals surface area contributed by atoms with Crippen LogP contribution in [0.4, 0.5) is 5.69 Å². The van der Waals surface area contributed by atoms with Crippen molar-refractivity contribution in [1.29, 1.82) is 0 Å². The second-order valence-corrected chi connectivity index (χ2v) is 6.47. The molecule has 2 fully saturated rings. The summed E-state index contributed by atoms with van der Waals surface area (Å²) in [7, 11) is 1.99. The van der Waals surface area contributed by atoms with E-state index in [1.54, 1.807) is 0 Å². The normalized spacial score (nSPS) is 20.4. The minimum absolute atomic E-state index is 0.834. The van der Waals surface area contributed by atoms with Crippen LogP contribution in [0.5, 0.6) is 0 Å². The van der Waals surface area contributed by atoms with Crippen molar-refractivity contribution in [3.63, 3.8) is 0 Å². The number of hydrogen-bond donors (Lipinski definition) is 1. The Morgan fingerprint density at radius 3 is 2.60 bits per heavy atom. The van der Waals surface area contributed by atoms with Gasteiger partial charge in [0, 0.05) is 50.0 Å². The fourth-order valence-corrected chi connectivity index (χ4v) is 3.17. The van der Waals surface area contributed by atoms with Crippen molar-refractivity contribution in [1.82, 2.24) is 10.2 Å². The van der Waals surface area contributed by atoms with Gasteiger partial charge in [0.2, 0.25) is 0 Å². The fraction of sp³-hybridized carbons (Fsp3) is 0.625. The molecule has 1 heterocycles. The summed E-state index contributed by atoms with van der Waals surface area (Å²) < 4.78 is 0. The summed E-state index contributed by atoms with van der Waals surface area (Å²) in [5.74, 6) is 0.993. The van der Waals surface area contributed by atoms with Crippen LogP contribution in [0.1, 0.15) is 18.4 Å². The zero-order valence-corrected chi connectivity index (χ0v) is 13.0. The molecule has 20 heavy (non-hydrogen) atoms. The van der Waals surface area contributed by atoms with E-state index in [-0.39, 0.29) is 0 Å². The summed E-state index contributed by atoms with van der Waals surface area (Å²) in [6.45, 7) is 6.80. The molecule has 0 atom stereocenters. The molecule has 1 aromatic rings. The molecule has 110 valence electrons. The minimum atomic E-state index is 0.834. The second kappa shape index (κ2) is 6.33. The average molecular weight is 294 g/mol. The van der Waals surface area contributed by atoms with Gasteiger partial charge in [-0.25, -0.2) is 0 Å². The molecule has 1 N–H and O–H groups in total. The number of halogens is 1. The lowest BCUT2D eigenvalue weighted by Gasteiger charge is -2.37. The number of piperazine rings is 1. The smallest absolute Gasteiger partial charge is 0.0427 e. The van der Waals surface area contributed by atoms with Gasteiger partial charge in [0.1, 0.15) is 0 Å². The van der Waals surface area contributed by atoms with E-state index in [9.17, 15) is 0 Å². The molecule has 0 aromatic heterocycles. The molecule has 1 saturated heterocycles. The van der Waals surface area contributed by atoms with Gasteiger partial charge in [0.05, 0.1) is 0 Å². The second-order valence-electron chi connectivity index (χ2n) is 6.03. The van der Waals surface area contributed by atoms with Crippen molar-refractivity contribution in [2.75, 3.05) is 44.7 Å². The van der Waals surface area contributed by atoms with E-state index in [1.807, 2.05) is 13.1 Å². The minimum Gasteiger partial charge on any atom is -0.369 e. The molecule has 4 heteroatoms. The van der Waals surface area contributed by atoms with Crippen molar-refractivity contribution in [3.05, 3.63) is 28.8 Å². The van der Waals surface area contributed by atoms with Gasteiger partial charge in [-0.2, -0.15) is 0 Å². The predicted molar refractivity (Wildman–Crippen MR) is 85.6 cm³/mol. The first-order valence-electron chi connectivity index (χ1n) is 7.66. The predicted octanol–water partition coefficient (Wildman–Crippen LogP) is 2.59. The Kier molecular flexibility index (Phi) is 4.49. The number of nitrogens with zero attached hydrogens (tertiary/aromatic N) is 2. The third kappa shape index (κ3) is 3.46. The van der Waals surface area contributed by atoms with Crippen molar-refractivity contribution in [3.8, 4) is 0 Å². The van der Waals surface area contributed by atoms with Gasteiger partial charge in [0.15, 0.2) is 0 Å². The molecule has 2 aliphatic rings. The molecule has 1 aliphatic heterocycles. The van der Waals surface area contributed by atoms with Crippen LogP contribution in [0.25, 0.3) is 0 Å². The first-order valence-corrected chi connectivity index (χ1v) is 8.04. The van der Waals surface area contributed by atoms with Gasteiger partial charge in [-0.3, -0.25) is 4.90 Å². The van der Waals surface area contributed by atoms with Gasteiger partial charge in [0.25, 0.3) is 0 Å². The molecule has 0 radical (unpaired) electrons. The Bertz CT molecular complexity index is 451. The maximum absolute atomic E-state index is 6.18. The zero-order chi connectivity index (χ0) is 13.9. The molecule has 1 aliphatic carbocycles. The molecule has 3 rings (SSSR count). The Hall–Kier alpha value is -0.770. The molecular weight excluding hydrogens is 270 g/mol. The van der Waals surface area contributed by atoms with Crippen LogP contribution in [0.15, 0.2) is 18.2 Å². The maximum atomic E-state index is 6.18. The van der Waals surface area contributed by atoms with E-state index in [0.29, 0.717) is 0 Å². The third-order valence-corrected chi connectivity index (χ3v) is 4.58. The molecule has 3 nitrogen and oxygen atoms in total. The van der Waals surface area contributed by atoms with Crippen LogP contribution in [-0.4, -0.2) is 44.7 Å². The van der Waals surface area contributed by atoms with Crippen LogP contribution in [0.3, 0.4) is 0 Å². The number of hydrogen-bond acceptors (Lipinski definition) is 3. The highest BCUT2D eigenvalue weighted by atomic mass is 35.5. The molecule has 0 unspecified atom stereocenters. The fourth-order valence-electron chi connectivity index (χ4n) is 3.01. The Balaban J connectivity index is 1.65. The van der Waals surface area contributed by atoms with Gasteiger partial charge in [-0.1, -0.05) is 17.7 Å². The van der Waals surface area contributed by atoms with E-state index < -0.39 is 0 Å². The largest absolute Gasteiger partial charge is 0.369 e. The lowest BCUT2D eigenvalue weighted by Crippen LogP contribution is -2.47. The summed E-state index contributed by atoms with van der Waals surface area (Å²) in [6.07, 6.45) is 2.89. The molecule has 1 saturated carbocycles. The highest BCUT2D eigenvalue weighted by Gasteiger charge is 2.26. The van der Waals surface area contributed by atoms with Crippen LogP contribution in [0, 0.1) is 5.92 Å². The molecule has 1 aromatic carbocycles. The van der Waals surface area contributed by atoms with Crippen LogP contribution < -0.4 is 10.2 Å². The average Bonchev–Trinajstić information content (AvgIpc) is 3.26. The van der Waals surface area contributed by atoms with Crippen LogP contribution in [0.2, 0.25) is 5.02 Å².